The summed E-state index contributed by atoms with van der Waals surface area (Å²) in [4.78, 5) is 0. The lowest BCUT2D eigenvalue weighted by molar-refractivity contribution is -0.106. The molecule has 1 aliphatic carbocycles. The topological polar surface area (TPSA) is 27.7 Å². The SMILES string of the molecule is Brc1ccc(CC2CCCCC2)c(Oc2cc(Br)ccc2OC2CCCCO2)c1. The average molecular weight is 524 g/mol. The number of halogens is 2. The van der Waals surface area contributed by atoms with Gasteiger partial charge in [0.1, 0.15) is 5.75 Å². The molecule has 0 bridgehead atoms. The van der Waals surface area contributed by atoms with Crippen LogP contribution in [0.2, 0.25) is 0 Å². The normalized spacial score (nSPS) is 20.4. The molecule has 0 N–H and O–H groups in total. The van der Waals surface area contributed by atoms with Gasteiger partial charge in [0.15, 0.2) is 17.8 Å². The van der Waals surface area contributed by atoms with Gasteiger partial charge < -0.3 is 14.2 Å². The van der Waals surface area contributed by atoms with Crippen LogP contribution < -0.4 is 9.47 Å². The fourth-order valence-electron chi connectivity index (χ4n) is 4.22. The molecule has 0 spiro atoms. The van der Waals surface area contributed by atoms with Gasteiger partial charge in [-0.25, -0.2) is 0 Å². The Hall–Kier alpha value is -1.04. The van der Waals surface area contributed by atoms with Crippen LogP contribution in [0, 0.1) is 5.92 Å². The molecular formula is C24H28Br2O3. The van der Waals surface area contributed by atoms with Crippen molar-refractivity contribution in [1.82, 2.24) is 0 Å². The molecule has 1 saturated heterocycles. The van der Waals surface area contributed by atoms with Gasteiger partial charge in [-0.2, -0.15) is 0 Å². The second-order valence-electron chi connectivity index (χ2n) is 8.07. The second-order valence-corrected chi connectivity index (χ2v) is 9.90. The van der Waals surface area contributed by atoms with Crippen molar-refractivity contribution in [1.29, 1.82) is 0 Å². The van der Waals surface area contributed by atoms with Crippen molar-refractivity contribution in [2.24, 2.45) is 5.92 Å². The van der Waals surface area contributed by atoms with Gasteiger partial charge in [0.25, 0.3) is 0 Å². The highest BCUT2D eigenvalue weighted by atomic mass is 79.9. The highest BCUT2D eigenvalue weighted by Crippen LogP contribution is 2.39. The summed E-state index contributed by atoms with van der Waals surface area (Å²) in [7, 11) is 0. The quantitative estimate of drug-likeness (QED) is 0.383. The van der Waals surface area contributed by atoms with Gasteiger partial charge in [-0.3, -0.25) is 0 Å². The van der Waals surface area contributed by atoms with Gasteiger partial charge in [-0.05, 0) is 61.1 Å². The second kappa shape index (κ2) is 10.3. The van der Waals surface area contributed by atoms with Crippen LogP contribution in [0.3, 0.4) is 0 Å². The van der Waals surface area contributed by atoms with Gasteiger partial charge in [-0.15, -0.1) is 0 Å². The van der Waals surface area contributed by atoms with Crippen molar-refractivity contribution in [3.05, 3.63) is 50.9 Å². The van der Waals surface area contributed by atoms with E-state index in [0.717, 1.165) is 64.4 Å². The van der Waals surface area contributed by atoms with Crippen LogP contribution >= 0.6 is 31.9 Å². The first-order valence-corrected chi connectivity index (χ1v) is 12.3. The molecule has 0 radical (unpaired) electrons. The summed E-state index contributed by atoms with van der Waals surface area (Å²) >= 11 is 7.18. The summed E-state index contributed by atoms with van der Waals surface area (Å²) in [6.45, 7) is 0.758. The van der Waals surface area contributed by atoms with E-state index in [4.69, 9.17) is 14.2 Å². The van der Waals surface area contributed by atoms with Gasteiger partial charge in [0.2, 0.25) is 0 Å². The molecule has 4 rings (SSSR count). The number of ether oxygens (including phenoxy) is 3. The molecule has 5 heteroatoms. The molecule has 0 aromatic heterocycles. The molecule has 2 aromatic carbocycles. The minimum absolute atomic E-state index is 0.198. The Kier molecular flexibility index (Phi) is 7.54. The molecule has 1 heterocycles. The molecule has 156 valence electrons. The summed E-state index contributed by atoms with van der Waals surface area (Å²) < 4.78 is 20.3. The van der Waals surface area contributed by atoms with E-state index in [-0.39, 0.29) is 6.29 Å². The number of rotatable bonds is 6. The standard InChI is InChI=1S/C24H28Br2O3/c25-19-10-9-18(14-17-6-2-1-3-7-17)22(15-19)28-23-16-20(26)11-12-21(23)29-24-8-4-5-13-27-24/h9-12,15-17,24H,1-8,13-14H2. The maximum absolute atomic E-state index is 6.44. The Labute approximate surface area is 190 Å². The van der Waals surface area contributed by atoms with Crippen molar-refractivity contribution >= 4 is 31.9 Å². The summed E-state index contributed by atoms with van der Waals surface area (Å²) in [5, 5.41) is 0. The molecule has 1 atom stereocenters. The van der Waals surface area contributed by atoms with Crippen molar-refractivity contribution in [2.45, 2.75) is 64.1 Å². The fraction of sp³-hybridized carbons (Fsp3) is 0.500. The predicted molar refractivity (Wildman–Crippen MR) is 123 cm³/mol. The lowest BCUT2D eigenvalue weighted by atomic mass is 9.85. The van der Waals surface area contributed by atoms with Crippen LogP contribution in [0.25, 0.3) is 0 Å². The van der Waals surface area contributed by atoms with E-state index in [2.05, 4.69) is 50.1 Å². The van der Waals surface area contributed by atoms with Crippen LogP contribution in [-0.2, 0) is 11.2 Å². The molecule has 1 aliphatic heterocycles. The molecule has 1 unspecified atom stereocenters. The third-order valence-electron chi connectivity index (χ3n) is 5.78. The largest absolute Gasteiger partial charge is 0.461 e. The van der Waals surface area contributed by atoms with Gasteiger partial charge >= 0.3 is 0 Å². The van der Waals surface area contributed by atoms with Gasteiger partial charge in [-0.1, -0.05) is 70.0 Å². The molecule has 2 aliphatic rings. The van der Waals surface area contributed by atoms with Crippen molar-refractivity contribution < 1.29 is 14.2 Å². The van der Waals surface area contributed by atoms with Crippen LogP contribution in [0.5, 0.6) is 17.2 Å². The first kappa shape index (κ1) is 21.2. The Morgan fingerprint density at radius 3 is 2.28 bits per heavy atom. The van der Waals surface area contributed by atoms with Crippen molar-refractivity contribution in [3.8, 4) is 17.2 Å². The zero-order valence-corrected chi connectivity index (χ0v) is 19.8. The van der Waals surface area contributed by atoms with Crippen LogP contribution in [0.4, 0.5) is 0 Å². The molecule has 29 heavy (non-hydrogen) atoms. The first-order valence-electron chi connectivity index (χ1n) is 10.7. The highest BCUT2D eigenvalue weighted by Gasteiger charge is 2.20. The molecule has 0 amide bonds. The summed E-state index contributed by atoms with van der Waals surface area (Å²) in [6, 6.07) is 12.3. The van der Waals surface area contributed by atoms with Gasteiger partial charge in [0.05, 0.1) is 6.61 Å². The van der Waals surface area contributed by atoms with Crippen molar-refractivity contribution in [2.75, 3.05) is 6.61 Å². The third kappa shape index (κ3) is 5.99. The van der Waals surface area contributed by atoms with Crippen LogP contribution in [0.1, 0.15) is 56.9 Å². The number of hydrogen-bond donors (Lipinski definition) is 0. The van der Waals surface area contributed by atoms with E-state index in [1.54, 1.807) is 0 Å². The highest BCUT2D eigenvalue weighted by molar-refractivity contribution is 9.10. The van der Waals surface area contributed by atoms with Crippen molar-refractivity contribution in [3.63, 3.8) is 0 Å². The maximum Gasteiger partial charge on any atom is 0.200 e. The maximum atomic E-state index is 6.44. The Balaban J connectivity index is 1.56. The lowest BCUT2D eigenvalue weighted by Crippen LogP contribution is -2.25. The van der Waals surface area contributed by atoms with E-state index < -0.39 is 0 Å². The molecule has 3 nitrogen and oxygen atoms in total. The molecule has 2 fully saturated rings. The molecular weight excluding hydrogens is 496 g/mol. The summed E-state index contributed by atoms with van der Waals surface area (Å²) in [5.41, 5.74) is 1.26. The summed E-state index contributed by atoms with van der Waals surface area (Å²) in [5.74, 6) is 3.10. The lowest BCUT2D eigenvalue weighted by Gasteiger charge is -2.25. The Morgan fingerprint density at radius 2 is 1.52 bits per heavy atom. The smallest absolute Gasteiger partial charge is 0.200 e. The minimum atomic E-state index is -0.198. The zero-order valence-electron chi connectivity index (χ0n) is 16.7. The van der Waals surface area contributed by atoms with Crippen LogP contribution in [-0.4, -0.2) is 12.9 Å². The van der Waals surface area contributed by atoms with E-state index in [1.165, 1.54) is 37.7 Å². The average Bonchev–Trinajstić information content (AvgIpc) is 2.74. The monoisotopic (exact) mass is 522 g/mol. The third-order valence-corrected chi connectivity index (χ3v) is 6.77. The van der Waals surface area contributed by atoms with E-state index in [0.29, 0.717) is 0 Å². The van der Waals surface area contributed by atoms with Gasteiger partial charge in [0, 0.05) is 15.4 Å². The number of hydrogen-bond acceptors (Lipinski definition) is 3. The zero-order chi connectivity index (χ0) is 20.1. The predicted octanol–water partition coefficient (Wildman–Crippen LogP) is 8.03. The van der Waals surface area contributed by atoms with Crippen LogP contribution in [0.15, 0.2) is 45.3 Å². The number of benzene rings is 2. The van der Waals surface area contributed by atoms with E-state index >= 15 is 0 Å². The van der Waals surface area contributed by atoms with E-state index in [9.17, 15) is 0 Å². The molecule has 1 saturated carbocycles. The molecule has 2 aromatic rings. The first-order chi connectivity index (χ1) is 14.2. The summed E-state index contributed by atoms with van der Waals surface area (Å²) in [6.07, 6.45) is 10.7. The van der Waals surface area contributed by atoms with E-state index in [1.807, 2.05) is 18.2 Å². The fourth-order valence-corrected chi connectivity index (χ4v) is 4.90. The minimum Gasteiger partial charge on any atom is -0.461 e. The Bertz CT molecular complexity index is 744. The Morgan fingerprint density at radius 1 is 0.793 bits per heavy atom.